The minimum Gasteiger partial charge on any atom is -0.478 e. The number of hydrogen-bond donors (Lipinski definition) is 1. The molecular weight excluding hydrogens is 326 g/mol. The molecule has 0 radical (unpaired) electrons. The van der Waals surface area contributed by atoms with Crippen molar-refractivity contribution in [3.63, 3.8) is 0 Å². The van der Waals surface area contributed by atoms with Gasteiger partial charge in [0, 0.05) is 16.8 Å². The van der Waals surface area contributed by atoms with E-state index >= 15 is 0 Å². The number of pyridine rings is 1. The minimum absolute atomic E-state index is 0.0733. The van der Waals surface area contributed by atoms with Crippen LogP contribution in [-0.4, -0.2) is 21.8 Å². The van der Waals surface area contributed by atoms with Gasteiger partial charge in [0.2, 0.25) is 0 Å². The highest BCUT2D eigenvalue weighted by Gasteiger charge is 2.27. The van der Waals surface area contributed by atoms with Crippen LogP contribution in [0.25, 0.3) is 11.1 Å². The maximum atomic E-state index is 13.2. The summed E-state index contributed by atoms with van der Waals surface area (Å²) in [4.78, 5) is 29.6. The molecule has 3 rings (SSSR count). The van der Waals surface area contributed by atoms with Crippen molar-refractivity contribution in [2.24, 2.45) is 0 Å². The van der Waals surface area contributed by atoms with E-state index in [2.05, 4.69) is 4.98 Å². The second kappa shape index (κ2) is 6.92. The van der Waals surface area contributed by atoms with Gasteiger partial charge >= 0.3 is 5.97 Å². The molecule has 0 saturated carbocycles. The predicted octanol–water partition coefficient (Wildman–Crippen LogP) is 4.60. The average molecular weight is 345 g/mol. The lowest BCUT2D eigenvalue weighted by molar-refractivity contribution is 0.0696. The Hall–Kier alpha value is -3.27. The van der Waals surface area contributed by atoms with Gasteiger partial charge in [0.05, 0.1) is 16.8 Å². The number of aromatic nitrogens is 1. The Balaban J connectivity index is 2.41. The molecule has 0 spiro atoms. The predicted molar refractivity (Wildman–Crippen MR) is 101 cm³/mol. The van der Waals surface area contributed by atoms with Crippen molar-refractivity contribution >= 4 is 11.8 Å². The molecule has 4 heteroatoms. The van der Waals surface area contributed by atoms with E-state index in [0.717, 1.165) is 11.1 Å². The van der Waals surface area contributed by atoms with E-state index in [-0.39, 0.29) is 11.3 Å². The molecule has 0 unspecified atom stereocenters. The number of carboxylic acid groups (broad SMARTS) is 1. The molecular formula is C22H19NO3. The minimum atomic E-state index is -1.09. The highest BCUT2D eigenvalue weighted by molar-refractivity contribution is 6.16. The van der Waals surface area contributed by atoms with Gasteiger partial charge in [0.15, 0.2) is 5.78 Å². The molecule has 1 aromatic heterocycles. The van der Waals surface area contributed by atoms with Gasteiger partial charge in [-0.25, -0.2) is 4.79 Å². The number of nitrogens with zero attached hydrogens (tertiary/aromatic N) is 1. The molecule has 3 aromatic rings. The Bertz CT molecular complexity index is 1010. The molecule has 1 N–H and O–H groups in total. The summed E-state index contributed by atoms with van der Waals surface area (Å²) in [6.45, 7) is 5.31. The summed E-state index contributed by atoms with van der Waals surface area (Å²) in [5.74, 6) is -1.31. The van der Waals surface area contributed by atoms with Gasteiger partial charge < -0.3 is 5.11 Å². The van der Waals surface area contributed by atoms with Crippen LogP contribution >= 0.6 is 0 Å². The Morgan fingerprint density at radius 2 is 1.38 bits per heavy atom. The number of rotatable bonds is 4. The fraction of sp³-hybridized carbons (Fsp3) is 0.136. The number of aromatic carboxylic acids is 1. The lowest BCUT2D eigenvalue weighted by atomic mass is 9.87. The second-order valence-corrected chi connectivity index (χ2v) is 6.22. The molecule has 0 bridgehead atoms. The van der Waals surface area contributed by atoms with Gasteiger partial charge in [-0.05, 0) is 31.9 Å². The first kappa shape index (κ1) is 17.5. The summed E-state index contributed by atoms with van der Waals surface area (Å²) in [6, 6.07) is 16.3. The van der Waals surface area contributed by atoms with Gasteiger partial charge in [-0.15, -0.1) is 0 Å². The van der Waals surface area contributed by atoms with Crippen molar-refractivity contribution in [3.8, 4) is 11.1 Å². The topological polar surface area (TPSA) is 67.3 Å². The molecule has 0 atom stereocenters. The van der Waals surface area contributed by atoms with E-state index in [4.69, 9.17) is 0 Å². The largest absolute Gasteiger partial charge is 0.478 e. The standard InChI is InChI=1S/C22H19NO3/c1-13-9-7-8-12-17(13)20-18(21(24)16-10-5-4-6-11-16)14(2)23-15(3)19(20)22(25)26/h4-12H,1-3H3,(H,25,26). The number of benzene rings is 2. The Morgan fingerprint density at radius 3 is 2.00 bits per heavy atom. The van der Waals surface area contributed by atoms with Crippen LogP contribution in [0.5, 0.6) is 0 Å². The second-order valence-electron chi connectivity index (χ2n) is 6.22. The number of ketones is 1. The summed E-state index contributed by atoms with van der Waals surface area (Å²) in [5, 5.41) is 9.82. The monoisotopic (exact) mass is 345 g/mol. The van der Waals surface area contributed by atoms with Crippen molar-refractivity contribution in [1.29, 1.82) is 0 Å². The zero-order chi connectivity index (χ0) is 18.8. The van der Waals surface area contributed by atoms with Gasteiger partial charge in [-0.1, -0.05) is 54.6 Å². The summed E-state index contributed by atoms with van der Waals surface area (Å²) in [7, 11) is 0. The van der Waals surface area contributed by atoms with Crippen LogP contribution in [0.2, 0.25) is 0 Å². The third kappa shape index (κ3) is 3.02. The van der Waals surface area contributed by atoms with Crippen molar-refractivity contribution in [2.75, 3.05) is 0 Å². The van der Waals surface area contributed by atoms with Crippen molar-refractivity contribution < 1.29 is 14.7 Å². The fourth-order valence-corrected chi connectivity index (χ4v) is 3.25. The summed E-state index contributed by atoms with van der Waals surface area (Å²) >= 11 is 0. The molecule has 0 aliphatic carbocycles. The zero-order valence-electron chi connectivity index (χ0n) is 14.9. The maximum Gasteiger partial charge on any atom is 0.338 e. The van der Waals surface area contributed by atoms with E-state index in [1.165, 1.54) is 0 Å². The van der Waals surface area contributed by atoms with Crippen LogP contribution in [-0.2, 0) is 0 Å². The Morgan fingerprint density at radius 1 is 0.808 bits per heavy atom. The lowest BCUT2D eigenvalue weighted by Crippen LogP contribution is -2.15. The molecule has 0 aliphatic rings. The van der Waals surface area contributed by atoms with Crippen molar-refractivity contribution in [3.05, 3.63) is 88.2 Å². The number of carboxylic acids is 1. The van der Waals surface area contributed by atoms with Gasteiger partial charge in [0.25, 0.3) is 0 Å². The molecule has 2 aromatic carbocycles. The summed E-state index contributed by atoms with van der Waals surface area (Å²) in [6.07, 6.45) is 0. The van der Waals surface area contributed by atoms with Crippen LogP contribution in [0, 0.1) is 20.8 Å². The van der Waals surface area contributed by atoms with E-state index in [0.29, 0.717) is 28.1 Å². The van der Waals surface area contributed by atoms with E-state index in [9.17, 15) is 14.7 Å². The van der Waals surface area contributed by atoms with Crippen molar-refractivity contribution in [2.45, 2.75) is 20.8 Å². The van der Waals surface area contributed by atoms with Crippen LogP contribution in [0.4, 0.5) is 0 Å². The molecule has 130 valence electrons. The van der Waals surface area contributed by atoms with Crippen LogP contribution in [0.3, 0.4) is 0 Å². The number of aryl methyl sites for hydroxylation is 3. The summed E-state index contributed by atoms with van der Waals surface area (Å²) < 4.78 is 0. The van der Waals surface area contributed by atoms with E-state index in [1.54, 1.807) is 38.1 Å². The molecule has 4 nitrogen and oxygen atoms in total. The zero-order valence-corrected chi connectivity index (χ0v) is 14.9. The number of carbonyl (C=O) groups excluding carboxylic acids is 1. The van der Waals surface area contributed by atoms with E-state index in [1.807, 2.05) is 37.3 Å². The lowest BCUT2D eigenvalue weighted by Gasteiger charge is -2.18. The smallest absolute Gasteiger partial charge is 0.338 e. The van der Waals surface area contributed by atoms with Crippen molar-refractivity contribution in [1.82, 2.24) is 4.98 Å². The Kier molecular flexibility index (Phi) is 4.67. The maximum absolute atomic E-state index is 13.2. The first-order valence-electron chi connectivity index (χ1n) is 8.32. The van der Waals surface area contributed by atoms with Crippen LogP contribution < -0.4 is 0 Å². The summed E-state index contributed by atoms with van der Waals surface area (Å²) in [5.41, 5.74) is 3.93. The highest BCUT2D eigenvalue weighted by atomic mass is 16.4. The van der Waals surface area contributed by atoms with Gasteiger partial charge in [-0.2, -0.15) is 0 Å². The molecule has 1 heterocycles. The fourth-order valence-electron chi connectivity index (χ4n) is 3.25. The normalized spacial score (nSPS) is 10.6. The average Bonchev–Trinajstić information content (AvgIpc) is 2.61. The SMILES string of the molecule is Cc1ccccc1-c1c(C(=O)O)c(C)nc(C)c1C(=O)c1ccccc1. The molecule has 0 fully saturated rings. The third-order valence-corrected chi connectivity index (χ3v) is 4.45. The number of hydrogen-bond acceptors (Lipinski definition) is 3. The Labute approximate surface area is 152 Å². The molecule has 0 aliphatic heterocycles. The van der Waals surface area contributed by atoms with Crippen LogP contribution in [0.15, 0.2) is 54.6 Å². The van der Waals surface area contributed by atoms with Crippen LogP contribution in [0.1, 0.15) is 43.2 Å². The number of carbonyl (C=O) groups is 2. The highest BCUT2D eigenvalue weighted by Crippen LogP contribution is 2.34. The van der Waals surface area contributed by atoms with Gasteiger partial charge in [0.1, 0.15) is 0 Å². The first-order chi connectivity index (χ1) is 12.4. The first-order valence-corrected chi connectivity index (χ1v) is 8.32. The quantitative estimate of drug-likeness (QED) is 0.702. The molecule has 26 heavy (non-hydrogen) atoms. The molecule has 0 saturated heterocycles. The van der Waals surface area contributed by atoms with E-state index < -0.39 is 5.97 Å². The molecule has 0 amide bonds. The van der Waals surface area contributed by atoms with Gasteiger partial charge in [-0.3, -0.25) is 9.78 Å². The third-order valence-electron chi connectivity index (χ3n) is 4.45.